The molecule has 1 atom stereocenters. The number of ether oxygens (including phenoxy) is 2. The van der Waals surface area contributed by atoms with E-state index < -0.39 is 0 Å². The van der Waals surface area contributed by atoms with Gasteiger partial charge in [-0.2, -0.15) is 0 Å². The lowest BCUT2D eigenvalue weighted by Crippen LogP contribution is -2.49. The van der Waals surface area contributed by atoms with E-state index in [1.165, 1.54) is 51.4 Å². The standard InChI is InChI=1S/C17H33NO2/c1-16(2,3)18-14-17(10-6-4-5-7-11-17)20-13-15-9-8-12-19-15/h15,18H,4-14H2,1-3H3. The van der Waals surface area contributed by atoms with Crippen LogP contribution in [0.4, 0.5) is 0 Å². The zero-order valence-corrected chi connectivity index (χ0v) is 13.7. The summed E-state index contributed by atoms with van der Waals surface area (Å²) in [6.45, 7) is 9.38. The van der Waals surface area contributed by atoms with E-state index in [1.807, 2.05) is 0 Å². The molecule has 20 heavy (non-hydrogen) atoms. The van der Waals surface area contributed by atoms with E-state index in [9.17, 15) is 0 Å². The van der Waals surface area contributed by atoms with E-state index in [-0.39, 0.29) is 11.1 Å². The molecule has 1 saturated carbocycles. The molecule has 1 heterocycles. The van der Waals surface area contributed by atoms with Crippen molar-refractivity contribution in [3.05, 3.63) is 0 Å². The molecule has 118 valence electrons. The van der Waals surface area contributed by atoms with Gasteiger partial charge in [0.1, 0.15) is 0 Å². The Labute approximate surface area is 124 Å². The van der Waals surface area contributed by atoms with Crippen molar-refractivity contribution in [3.8, 4) is 0 Å². The molecule has 0 amide bonds. The summed E-state index contributed by atoms with van der Waals surface area (Å²) in [5.74, 6) is 0. The van der Waals surface area contributed by atoms with Gasteiger partial charge in [-0.25, -0.2) is 0 Å². The first kappa shape index (κ1) is 16.3. The zero-order chi connectivity index (χ0) is 14.5. The van der Waals surface area contributed by atoms with Crippen molar-refractivity contribution in [2.24, 2.45) is 0 Å². The zero-order valence-electron chi connectivity index (χ0n) is 13.7. The van der Waals surface area contributed by atoms with Crippen LogP contribution in [-0.4, -0.2) is 37.0 Å². The molecule has 0 radical (unpaired) electrons. The highest BCUT2D eigenvalue weighted by molar-refractivity contribution is 4.88. The van der Waals surface area contributed by atoms with E-state index >= 15 is 0 Å². The van der Waals surface area contributed by atoms with Crippen LogP contribution in [0.5, 0.6) is 0 Å². The first-order valence-electron chi connectivity index (χ1n) is 8.50. The predicted octanol–water partition coefficient (Wildman–Crippen LogP) is 3.66. The maximum Gasteiger partial charge on any atom is 0.0809 e. The summed E-state index contributed by atoms with van der Waals surface area (Å²) in [6.07, 6.45) is 10.4. The SMILES string of the molecule is CC(C)(C)NCC1(OCC2CCCO2)CCCCCC1. The van der Waals surface area contributed by atoms with E-state index in [2.05, 4.69) is 26.1 Å². The lowest BCUT2D eigenvalue weighted by Gasteiger charge is -2.37. The van der Waals surface area contributed by atoms with Crippen LogP contribution >= 0.6 is 0 Å². The fraction of sp³-hybridized carbons (Fsp3) is 1.00. The first-order chi connectivity index (χ1) is 9.49. The molecule has 0 aromatic rings. The van der Waals surface area contributed by atoms with Gasteiger partial charge >= 0.3 is 0 Å². The smallest absolute Gasteiger partial charge is 0.0809 e. The summed E-state index contributed by atoms with van der Waals surface area (Å²) in [7, 11) is 0. The van der Waals surface area contributed by atoms with Crippen molar-refractivity contribution in [3.63, 3.8) is 0 Å². The highest BCUT2D eigenvalue weighted by Crippen LogP contribution is 2.31. The van der Waals surface area contributed by atoms with Crippen LogP contribution in [0.2, 0.25) is 0 Å². The molecule has 1 saturated heterocycles. The van der Waals surface area contributed by atoms with Gasteiger partial charge in [0.2, 0.25) is 0 Å². The number of hydrogen-bond acceptors (Lipinski definition) is 3. The van der Waals surface area contributed by atoms with Crippen molar-refractivity contribution in [1.82, 2.24) is 5.32 Å². The Morgan fingerprint density at radius 3 is 2.35 bits per heavy atom. The van der Waals surface area contributed by atoms with Gasteiger partial charge in [0.15, 0.2) is 0 Å². The maximum atomic E-state index is 6.44. The number of rotatable bonds is 5. The molecule has 2 rings (SSSR count). The van der Waals surface area contributed by atoms with Crippen LogP contribution in [0, 0.1) is 0 Å². The van der Waals surface area contributed by atoms with Crippen LogP contribution in [0.25, 0.3) is 0 Å². The minimum absolute atomic E-state index is 0.0374. The van der Waals surface area contributed by atoms with Gasteiger partial charge in [0.05, 0.1) is 18.3 Å². The van der Waals surface area contributed by atoms with E-state index in [0.717, 1.165) is 19.8 Å². The molecule has 3 nitrogen and oxygen atoms in total. The van der Waals surface area contributed by atoms with Crippen molar-refractivity contribution in [1.29, 1.82) is 0 Å². The molecule has 0 spiro atoms. The summed E-state index contributed by atoms with van der Waals surface area (Å²) < 4.78 is 12.2. The van der Waals surface area contributed by atoms with Crippen LogP contribution in [0.3, 0.4) is 0 Å². The van der Waals surface area contributed by atoms with E-state index in [1.54, 1.807) is 0 Å². The molecule has 2 aliphatic rings. The number of hydrogen-bond donors (Lipinski definition) is 1. The van der Waals surface area contributed by atoms with Gasteiger partial charge in [0.25, 0.3) is 0 Å². The van der Waals surface area contributed by atoms with E-state index in [0.29, 0.717) is 6.10 Å². The third-order valence-electron chi connectivity index (χ3n) is 4.56. The average molecular weight is 283 g/mol. The predicted molar refractivity (Wildman–Crippen MR) is 83.1 cm³/mol. The minimum atomic E-state index is 0.0374. The van der Waals surface area contributed by atoms with Crippen LogP contribution < -0.4 is 5.32 Å². The minimum Gasteiger partial charge on any atom is -0.376 e. The molecular formula is C17H33NO2. The van der Waals surface area contributed by atoms with Gasteiger partial charge in [-0.1, -0.05) is 25.7 Å². The highest BCUT2D eigenvalue weighted by atomic mass is 16.5. The van der Waals surface area contributed by atoms with Crippen LogP contribution in [-0.2, 0) is 9.47 Å². The lowest BCUT2D eigenvalue weighted by atomic mass is 9.92. The highest BCUT2D eigenvalue weighted by Gasteiger charge is 2.34. The fourth-order valence-corrected chi connectivity index (χ4v) is 3.22. The quantitative estimate of drug-likeness (QED) is 0.781. The van der Waals surface area contributed by atoms with Gasteiger partial charge in [-0.15, -0.1) is 0 Å². The summed E-state index contributed by atoms with van der Waals surface area (Å²) >= 11 is 0. The molecule has 1 aliphatic heterocycles. The Morgan fingerprint density at radius 1 is 1.10 bits per heavy atom. The summed E-state index contributed by atoms with van der Waals surface area (Å²) in [5.41, 5.74) is 0.197. The lowest BCUT2D eigenvalue weighted by molar-refractivity contribution is -0.0926. The molecule has 0 aromatic carbocycles. The molecular weight excluding hydrogens is 250 g/mol. The topological polar surface area (TPSA) is 30.5 Å². The second-order valence-electron chi connectivity index (χ2n) is 7.65. The monoisotopic (exact) mass is 283 g/mol. The Hall–Kier alpha value is -0.120. The van der Waals surface area contributed by atoms with Crippen LogP contribution in [0.15, 0.2) is 0 Å². The first-order valence-corrected chi connectivity index (χ1v) is 8.50. The summed E-state index contributed by atoms with van der Waals surface area (Å²) in [4.78, 5) is 0. The Balaban J connectivity index is 1.90. The fourth-order valence-electron chi connectivity index (χ4n) is 3.22. The van der Waals surface area contributed by atoms with Gasteiger partial charge < -0.3 is 14.8 Å². The third kappa shape index (κ3) is 5.34. The van der Waals surface area contributed by atoms with Crippen molar-refractivity contribution < 1.29 is 9.47 Å². The van der Waals surface area contributed by atoms with Gasteiger partial charge in [-0.3, -0.25) is 0 Å². The van der Waals surface area contributed by atoms with Crippen LogP contribution in [0.1, 0.15) is 72.1 Å². The largest absolute Gasteiger partial charge is 0.376 e. The Bertz CT molecular complexity index is 271. The average Bonchev–Trinajstić information content (AvgIpc) is 2.79. The molecule has 1 N–H and O–H groups in total. The molecule has 0 bridgehead atoms. The Kier molecular flexibility index (Phi) is 5.88. The molecule has 1 aliphatic carbocycles. The number of nitrogens with one attached hydrogen (secondary N) is 1. The Morgan fingerprint density at radius 2 is 1.80 bits per heavy atom. The maximum absolute atomic E-state index is 6.44. The van der Waals surface area contributed by atoms with E-state index in [4.69, 9.17) is 9.47 Å². The van der Waals surface area contributed by atoms with Crippen molar-refractivity contribution >= 4 is 0 Å². The molecule has 2 fully saturated rings. The normalized spacial score (nSPS) is 27.4. The van der Waals surface area contributed by atoms with Gasteiger partial charge in [-0.05, 0) is 46.5 Å². The molecule has 3 heteroatoms. The van der Waals surface area contributed by atoms with Crippen molar-refractivity contribution in [2.75, 3.05) is 19.8 Å². The molecule has 0 aromatic heterocycles. The summed E-state index contributed by atoms with van der Waals surface area (Å²) in [5, 5.41) is 3.67. The summed E-state index contributed by atoms with van der Waals surface area (Å²) in [6, 6.07) is 0. The van der Waals surface area contributed by atoms with Crippen molar-refractivity contribution in [2.45, 2.75) is 89.4 Å². The third-order valence-corrected chi connectivity index (χ3v) is 4.56. The second-order valence-corrected chi connectivity index (χ2v) is 7.65. The second kappa shape index (κ2) is 7.24. The molecule has 1 unspecified atom stereocenters. The van der Waals surface area contributed by atoms with Gasteiger partial charge in [0, 0.05) is 18.7 Å².